The van der Waals surface area contributed by atoms with E-state index in [1.807, 2.05) is 6.07 Å². The van der Waals surface area contributed by atoms with Crippen molar-refractivity contribution >= 4 is 11.6 Å². The highest BCUT2D eigenvalue weighted by Gasteiger charge is 2.27. The van der Waals surface area contributed by atoms with Gasteiger partial charge < -0.3 is 10.1 Å². The Hall–Kier alpha value is -0.570. The van der Waals surface area contributed by atoms with Crippen molar-refractivity contribution < 1.29 is 4.74 Å². The summed E-state index contributed by atoms with van der Waals surface area (Å²) in [6, 6.07) is 7.29. The van der Waals surface area contributed by atoms with E-state index in [0.717, 1.165) is 24.7 Å². The molecule has 1 N–H and O–H groups in total. The molecule has 1 aliphatic carbocycles. The number of hydrogen-bond acceptors (Lipinski definition) is 2. The van der Waals surface area contributed by atoms with Crippen LogP contribution in [-0.2, 0) is 11.2 Å². The fourth-order valence-corrected chi connectivity index (χ4v) is 2.57. The lowest BCUT2D eigenvalue weighted by molar-refractivity contribution is -0.0100. The highest BCUT2D eigenvalue weighted by Crippen LogP contribution is 2.33. The highest BCUT2D eigenvalue weighted by atomic mass is 35.5. The van der Waals surface area contributed by atoms with Crippen molar-refractivity contribution in [2.24, 2.45) is 0 Å². The van der Waals surface area contributed by atoms with Crippen molar-refractivity contribution in [1.29, 1.82) is 0 Å². The number of nitrogens with one attached hydrogen (secondary N) is 1. The van der Waals surface area contributed by atoms with E-state index in [1.165, 1.54) is 17.5 Å². The fourth-order valence-electron chi connectivity index (χ4n) is 2.38. The second-order valence-corrected chi connectivity index (χ2v) is 4.77. The number of ether oxygens (including phenoxy) is 1. The summed E-state index contributed by atoms with van der Waals surface area (Å²) in [4.78, 5) is 0. The smallest absolute Gasteiger partial charge is 0.0643 e. The SMILES string of the molecule is Clc1ccc2c(c1)CCC2NC1COC1. The Kier molecular flexibility index (Phi) is 2.43. The molecule has 1 aromatic rings. The van der Waals surface area contributed by atoms with Crippen LogP contribution in [0.15, 0.2) is 18.2 Å². The predicted octanol–water partition coefficient (Wildman–Crippen LogP) is 2.32. The number of aryl methyl sites for hydroxylation is 1. The minimum Gasteiger partial charge on any atom is -0.378 e. The number of hydrogen-bond donors (Lipinski definition) is 1. The van der Waals surface area contributed by atoms with E-state index in [9.17, 15) is 0 Å². The fraction of sp³-hybridized carbons (Fsp3) is 0.500. The molecule has 1 fully saturated rings. The van der Waals surface area contributed by atoms with Crippen LogP contribution in [0.4, 0.5) is 0 Å². The molecule has 1 heterocycles. The molecule has 1 aromatic carbocycles. The first-order valence-corrected chi connectivity index (χ1v) is 5.83. The van der Waals surface area contributed by atoms with E-state index in [1.54, 1.807) is 0 Å². The highest BCUT2D eigenvalue weighted by molar-refractivity contribution is 6.30. The third-order valence-electron chi connectivity index (χ3n) is 3.26. The number of rotatable bonds is 2. The van der Waals surface area contributed by atoms with E-state index in [4.69, 9.17) is 16.3 Å². The zero-order chi connectivity index (χ0) is 10.3. The Morgan fingerprint density at radius 2 is 2.20 bits per heavy atom. The minimum absolute atomic E-state index is 0.506. The topological polar surface area (TPSA) is 21.3 Å². The summed E-state index contributed by atoms with van der Waals surface area (Å²) in [6.45, 7) is 1.72. The first-order chi connectivity index (χ1) is 7.33. The van der Waals surface area contributed by atoms with Gasteiger partial charge in [0.05, 0.1) is 19.3 Å². The van der Waals surface area contributed by atoms with Crippen LogP contribution in [0.5, 0.6) is 0 Å². The molecule has 0 aromatic heterocycles. The molecule has 1 atom stereocenters. The third kappa shape index (κ3) is 1.78. The molecule has 1 aliphatic heterocycles. The molecule has 0 saturated carbocycles. The summed E-state index contributed by atoms with van der Waals surface area (Å²) in [7, 11) is 0. The van der Waals surface area contributed by atoms with E-state index in [0.29, 0.717) is 12.1 Å². The lowest BCUT2D eigenvalue weighted by Gasteiger charge is -2.30. The second kappa shape index (κ2) is 3.78. The van der Waals surface area contributed by atoms with Crippen molar-refractivity contribution in [2.45, 2.75) is 24.9 Å². The molecule has 80 valence electrons. The molecule has 15 heavy (non-hydrogen) atoms. The Labute approximate surface area is 94.6 Å². The summed E-state index contributed by atoms with van der Waals surface area (Å²) >= 11 is 5.97. The average molecular weight is 224 g/mol. The first kappa shape index (κ1) is 9.64. The zero-order valence-electron chi connectivity index (χ0n) is 8.50. The van der Waals surface area contributed by atoms with Crippen molar-refractivity contribution in [3.8, 4) is 0 Å². The molecular formula is C12H14ClNO. The van der Waals surface area contributed by atoms with Gasteiger partial charge in [-0.3, -0.25) is 0 Å². The Balaban J connectivity index is 1.78. The lowest BCUT2D eigenvalue weighted by Crippen LogP contribution is -2.46. The molecule has 3 rings (SSSR count). The van der Waals surface area contributed by atoms with Gasteiger partial charge in [0.25, 0.3) is 0 Å². The van der Waals surface area contributed by atoms with Gasteiger partial charge in [-0.25, -0.2) is 0 Å². The van der Waals surface area contributed by atoms with Gasteiger partial charge in [-0.05, 0) is 36.1 Å². The van der Waals surface area contributed by atoms with Gasteiger partial charge in [0.2, 0.25) is 0 Å². The minimum atomic E-state index is 0.506. The van der Waals surface area contributed by atoms with Gasteiger partial charge in [-0.2, -0.15) is 0 Å². The monoisotopic (exact) mass is 223 g/mol. The van der Waals surface area contributed by atoms with Crippen LogP contribution in [-0.4, -0.2) is 19.3 Å². The van der Waals surface area contributed by atoms with Gasteiger partial charge in [-0.1, -0.05) is 17.7 Å². The first-order valence-electron chi connectivity index (χ1n) is 5.45. The van der Waals surface area contributed by atoms with E-state index in [2.05, 4.69) is 17.4 Å². The molecule has 2 aliphatic rings. The van der Waals surface area contributed by atoms with Crippen molar-refractivity contribution in [1.82, 2.24) is 5.32 Å². The molecule has 0 amide bonds. The van der Waals surface area contributed by atoms with Crippen LogP contribution in [0.2, 0.25) is 5.02 Å². The molecule has 3 heteroatoms. The summed E-state index contributed by atoms with van der Waals surface area (Å²) in [5.41, 5.74) is 2.83. The summed E-state index contributed by atoms with van der Waals surface area (Å²) in [5.74, 6) is 0. The van der Waals surface area contributed by atoms with Crippen molar-refractivity contribution in [2.75, 3.05) is 13.2 Å². The predicted molar refractivity (Wildman–Crippen MR) is 60.3 cm³/mol. The van der Waals surface area contributed by atoms with Crippen LogP contribution in [0.3, 0.4) is 0 Å². The Morgan fingerprint density at radius 3 is 2.93 bits per heavy atom. The Morgan fingerprint density at radius 1 is 1.33 bits per heavy atom. The van der Waals surface area contributed by atoms with Crippen LogP contribution in [0, 0.1) is 0 Å². The molecule has 0 radical (unpaired) electrons. The average Bonchev–Trinajstić information content (AvgIpc) is 2.54. The Bertz CT molecular complexity index is 376. The molecular weight excluding hydrogens is 210 g/mol. The number of halogens is 1. The van der Waals surface area contributed by atoms with E-state index < -0.39 is 0 Å². The normalized spacial score (nSPS) is 25.0. The van der Waals surface area contributed by atoms with Crippen LogP contribution in [0.25, 0.3) is 0 Å². The molecule has 0 spiro atoms. The zero-order valence-corrected chi connectivity index (χ0v) is 9.26. The van der Waals surface area contributed by atoms with Gasteiger partial charge in [0, 0.05) is 11.1 Å². The molecule has 2 nitrogen and oxygen atoms in total. The van der Waals surface area contributed by atoms with Crippen LogP contribution >= 0.6 is 11.6 Å². The number of benzene rings is 1. The summed E-state index contributed by atoms with van der Waals surface area (Å²) < 4.78 is 5.17. The van der Waals surface area contributed by atoms with Crippen LogP contribution in [0.1, 0.15) is 23.6 Å². The lowest BCUT2D eigenvalue weighted by atomic mass is 10.1. The maximum absolute atomic E-state index is 5.97. The van der Waals surface area contributed by atoms with Crippen molar-refractivity contribution in [3.63, 3.8) is 0 Å². The third-order valence-corrected chi connectivity index (χ3v) is 3.49. The second-order valence-electron chi connectivity index (χ2n) is 4.34. The summed E-state index contributed by atoms with van der Waals surface area (Å²) in [6.07, 6.45) is 2.33. The standard InChI is InChI=1S/C12H14ClNO/c13-9-2-3-11-8(5-9)1-4-12(11)14-10-6-15-7-10/h2-3,5,10,12,14H,1,4,6-7H2. The van der Waals surface area contributed by atoms with Crippen LogP contribution < -0.4 is 5.32 Å². The van der Waals surface area contributed by atoms with Gasteiger partial charge in [0.1, 0.15) is 0 Å². The number of fused-ring (bicyclic) bond motifs is 1. The van der Waals surface area contributed by atoms with Gasteiger partial charge >= 0.3 is 0 Å². The maximum atomic E-state index is 5.97. The van der Waals surface area contributed by atoms with E-state index in [-0.39, 0.29) is 0 Å². The van der Waals surface area contributed by atoms with Gasteiger partial charge in [-0.15, -0.1) is 0 Å². The largest absolute Gasteiger partial charge is 0.378 e. The molecule has 1 unspecified atom stereocenters. The molecule has 0 bridgehead atoms. The van der Waals surface area contributed by atoms with Gasteiger partial charge in [0.15, 0.2) is 0 Å². The van der Waals surface area contributed by atoms with E-state index >= 15 is 0 Å². The summed E-state index contributed by atoms with van der Waals surface area (Å²) in [5, 5.41) is 4.47. The molecule has 1 saturated heterocycles. The van der Waals surface area contributed by atoms with Crippen molar-refractivity contribution in [3.05, 3.63) is 34.3 Å². The quantitative estimate of drug-likeness (QED) is 0.831. The maximum Gasteiger partial charge on any atom is 0.0643 e.